The summed E-state index contributed by atoms with van der Waals surface area (Å²) in [6.07, 6.45) is 4.38. The van der Waals surface area contributed by atoms with Gasteiger partial charge in [-0.05, 0) is 70.6 Å². The summed E-state index contributed by atoms with van der Waals surface area (Å²) < 4.78 is 5.32. The third-order valence-electron chi connectivity index (χ3n) is 6.47. The Morgan fingerprint density at radius 3 is 2.19 bits per heavy atom. The second-order valence-corrected chi connectivity index (χ2v) is 11.0. The van der Waals surface area contributed by atoms with E-state index in [0.717, 1.165) is 48.8 Å². The van der Waals surface area contributed by atoms with Gasteiger partial charge in [0.1, 0.15) is 17.7 Å². The number of primary amides is 1. The van der Waals surface area contributed by atoms with Crippen molar-refractivity contribution in [1.29, 1.82) is 0 Å². The lowest BCUT2D eigenvalue weighted by molar-refractivity contribution is -0.143. The highest BCUT2D eigenvalue weighted by atomic mass is 16.6. The van der Waals surface area contributed by atoms with Crippen LogP contribution >= 0.6 is 0 Å². The second kappa shape index (κ2) is 13.4. The number of amides is 4. The number of nitrogens with two attached hydrogens (primary N) is 1. The lowest BCUT2D eigenvalue weighted by Gasteiger charge is -2.36. The topological polar surface area (TPSA) is 131 Å². The van der Waals surface area contributed by atoms with Gasteiger partial charge in [0.15, 0.2) is 0 Å². The minimum atomic E-state index is -1.27. The van der Waals surface area contributed by atoms with Crippen molar-refractivity contribution in [3.8, 4) is 0 Å². The van der Waals surface area contributed by atoms with Gasteiger partial charge in [0.25, 0.3) is 0 Å². The molecule has 37 heavy (non-hydrogen) atoms. The Morgan fingerprint density at radius 2 is 1.68 bits per heavy atom. The van der Waals surface area contributed by atoms with Crippen molar-refractivity contribution in [2.75, 3.05) is 6.54 Å². The summed E-state index contributed by atoms with van der Waals surface area (Å²) in [6, 6.07) is 3.60. The monoisotopic (exact) mass is 516 g/mol. The number of hydrogen-bond acceptors (Lipinski definition) is 5. The molecule has 1 aromatic carbocycles. The molecular formula is C28H44N4O5. The van der Waals surface area contributed by atoms with Crippen LogP contribution in [-0.4, -0.2) is 52.9 Å². The zero-order chi connectivity index (χ0) is 27.8. The number of carbonyl (C=O) groups excluding carboxylic acids is 4. The van der Waals surface area contributed by atoms with Crippen molar-refractivity contribution in [3.63, 3.8) is 0 Å². The van der Waals surface area contributed by atoms with Gasteiger partial charge in [0, 0.05) is 12.6 Å². The fourth-order valence-corrected chi connectivity index (χ4v) is 4.87. The van der Waals surface area contributed by atoms with Crippen LogP contribution in [0.4, 0.5) is 4.79 Å². The van der Waals surface area contributed by atoms with E-state index in [1.54, 1.807) is 20.8 Å². The van der Waals surface area contributed by atoms with Crippen LogP contribution < -0.4 is 16.4 Å². The van der Waals surface area contributed by atoms with E-state index < -0.39 is 42.0 Å². The molecule has 2 unspecified atom stereocenters. The maximum absolute atomic E-state index is 14.0. The molecule has 1 aromatic rings. The van der Waals surface area contributed by atoms with Crippen molar-refractivity contribution < 1.29 is 23.9 Å². The van der Waals surface area contributed by atoms with Gasteiger partial charge in [-0.2, -0.15) is 0 Å². The summed E-state index contributed by atoms with van der Waals surface area (Å²) in [6.45, 7) is 11.1. The van der Waals surface area contributed by atoms with Crippen LogP contribution in [0.25, 0.3) is 0 Å². The second-order valence-electron chi connectivity index (χ2n) is 11.0. The molecule has 0 radical (unpaired) electrons. The highest BCUT2D eigenvalue weighted by molar-refractivity contribution is 5.95. The number of alkyl carbamates (subject to hydrolysis) is 1. The smallest absolute Gasteiger partial charge is 0.408 e. The van der Waals surface area contributed by atoms with Gasteiger partial charge in [-0.1, -0.05) is 44.4 Å². The molecule has 0 bridgehead atoms. The summed E-state index contributed by atoms with van der Waals surface area (Å²) in [5, 5.41) is 5.70. The fraction of sp³-hybridized carbons (Fsp3) is 0.643. The molecule has 0 spiro atoms. The SMILES string of the molecule is CCCN(C(=O)C(CC(N)=O)NC(=O)OC(C)(C)C)C(C(=O)NC1CCCCC1)c1c(C)cccc1C. The lowest BCUT2D eigenvalue weighted by atomic mass is 9.91. The molecule has 9 heteroatoms. The fourth-order valence-electron chi connectivity index (χ4n) is 4.87. The third-order valence-corrected chi connectivity index (χ3v) is 6.47. The summed E-state index contributed by atoms with van der Waals surface area (Å²) in [5.74, 6) is -1.57. The first-order valence-electron chi connectivity index (χ1n) is 13.3. The molecule has 1 aliphatic carbocycles. The summed E-state index contributed by atoms with van der Waals surface area (Å²) in [7, 11) is 0. The number of rotatable bonds is 10. The van der Waals surface area contributed by atoms with E-state index >= 15 is 0 Å². The highest BCUT2D eigenvalue weighted by Crippen LogP contribution is 2.30. The number of aryl methyl sites for hydroxylation is 2. The van der Waals surface area contributed by atoms with E-state index in [1.165, 1.54) is 4.90 Å². The van der Waals surface area contributed by atoms with E-state index in [9.17, 15) is 19.2 Å². The van der Waals surface area contributed by atoms with Crippen LogP contribution in [0.5, 0.6) is 0 Å². The molecule has 4 N–H and O–H groups in total. The van der Waals surface area contributed by atoms with Gasteiger partial charge in [0.05, 0.1) is 6.42 Å². The quantitative estimate of drug-likeness (QED) is 0.435. The molecule has 0 heterocycles. The molecule has 9 nitrogen and oxygen atoms in total. The minimum absolute atomic E-state index is 0.0490. The van der Waals surface area contributed by atoms with Crippen LogP contribution in [0, 0.1) is 13.8 Å². The zero-order valence-corrected chi connectivity index (χ0v) is 23.2. The first-order chi connectivity index (χ1) is 17.3. The first-order valence-corrected chi connectivity index (χ1v) is 13.3. The van der Waals surface area contributed by atoms with E-state index in [-0.39, 0.29) is 18.5 Å². The van der Waals surface area contributed by atoms with Crippen LogP contribution in [-0.2, 0) is 19.1 Å². The van der Waals surface area contributed by atoms with Gasteiger partial charge in [-0.25, -0.2) is 4.79 Å². The summed E-state index contributed by atoms with van der Waals surface area (Å²) >= 11 is 0. The van der Waals surface area contributed by atoms with Gasteiger partial charge in [-0.15, -0.1) is 0 Å². The Labute approximate surface area is 220 Å². The normalized spacial score (nSPS) is 15.8. The van der Waals surface area contributed by atoms with Crippen LogP contribution in [0.15, 0.2) is 18.2 Å². The Kier molecular flexibility index (Phi) is 10.9. The van der Waals surface area contributed by atoms with Crippen molar-refractivity contribution in [1.82, 2.24) is 15.5 Å². The van der Waals surface area contributed by atoms with Gasteiger partial charge < -0.3 is 26.0 Å². The first kappa shape index (κ1) is 30.1. The van der Waals surface area contributed by atoms with Gasteiger partial charge >= 0.3 is 6.09 Å². The molecule has 4 amide bonds. The maximum atomic E-state index is 14.0. The van der Waals surface area contributed by atoms with Gasteiger partial charge in [0.2, 0.25) is 17.7 Å². The number of ether oxygens (including phenoxy) is 1. The Morgan fingerprint density at radius 1 is 1.08 bits per heavy atom. The minimum Gasteiger partial charge on any atom is -0.444 e. The van der Waals surface area contributed by atoms with E-state index in [0.29, 0.717) is 6.42 Å². The lowest BCUT2D eigenvalue weighted by Crippen LogP contribution is -2.55. The van der Waals surface area contributed by atoms with Gasteiger partial charge in [-0.3, -0.25) is 14.4 Å². The van der Waals surface area contributed by atoms with E-state index in [1.807, 2.05) is 39.0 Å². The third kappa shape index (κ3) is 9.05. The Bertz CT molecular complexity index is 946. The standard InChI is InChI=1S/C28H44N4O5/c1-7-16-32(26(35)21(17-22(29)33)31-27(36)37-28(4,5)6)24(23-18(2)12-11-13-19(23)3)25(34)30-20-14-9-8-10-15-20/h11-13,20-21,24H,7-10,14-17H2,1-6H3,(H2,29,33)(H,30,34)(H,31,36). The van der Waals surface area contributed by atoms with Crippen molar-refractivity contribution >= 4 is 23.8 Å². The number of hydrogen-bond donors (Lipinski definition) is 3. The molecule has 1 saturated carbocycles. The Balaban J connectivity index is 2.50. The zero-order valence-electron chi connectivity index (χ0n) is 23.2. The predicted molar refractivity (Wildman–Crippen MR) is 143 cm³/mol. The summed E-state index contributed by atoms with van der Waals surface area (Å²) in [5.41, 5.74) is 7.15. The molecule has 2 rings (SSSR count). The van der Waals surface area contributed by atoms with Crippen molar-refractivity contribution in [3.05, 3.63) is 34.9 Å². The number of nitrogens with one attached hydrogen (secondary N) is 2. The van der Waals surface area contributed by atoms with Crippen LogP contribution in [0.2, 0.25) is 0 Å². The molecule has 2 atom stereocenters. The number of nitrogens with zero attached hydrogens (tertiary/aromatic N) is 1. The summed E-state index contributed by atoms with van der Waals surface area (Å²) in [4.78, 5) is 53.8. The predicted octanol–water partition coefficient (Wildman–Crippen LogP) is 3.80. The molecule has 1 fully saturated rings. The maximum Gasteiger partial charge on any atom is 0.408 e. The van der Waals surface area contributed by atoms with Crippen molar-refractivity contribution in [2.45, 2.75) is 110 Å². The number of carbonyl (C=O) groups is 4. The molecule has 206 valence electrons. The molecule has 1 aliphatic rings. The highest BCUT2D eigenvalue weighted by Gasteiger charge is 2.38. The number of benzene rings is 1. The van der Waals surface area contributed by atoms with E-state index in [2.05, 4.69) is 10.6 Å². The molecule has 0 aliphatic heterocycles. The van der Waals surface area contributed by atoms with E-state index in [4.69, 9.17) is 10.5 Å². The molecule has 0 aromatic heterocycles. The van der Waals surface area contributed by atoms with Crippen molar-refractivity contribution in [2.24, 2.45) is 5.73 Å². The Hall–Kier alpha value is -3.10. The van der Waals surface area contributed by atoms with Crippen LogP contribution in [0.1, 0.15) is 95.4 Å². The largest absolute Gasteiger partial charge is 0.444 e. The molecule has 0 saturated heterocycles. The average molecular weight is 517 g/mol. The molecular weight excluding hydrogens is 472 g/mol. The average Bonchev–Trinajstić information content (AvgIpc) is 2.78. The van der Waals surface area contributed by atoms with Crippen LogP contribution in [0.3, 0.4) is 0 Å².